The number of benzene rings is 1. The summed E-state index contributed by atoms with van der Waals surface area (Å²) in [6, 6.07) is 7.03. The van der Waals surface area contributed by atoms with Crippen LogP contribution in [0.5, 0.6) is 0 Å². The predicted molar refractivity (Wildman–Crippen MR) is 80.2 cm³/mol. The van der Waals surface area contributed by atoms with Crippen LogP contribution in [0, 0.1) is 13.8 Å². The highest BCUT2D eigenvalue weighted by molar-refractivity contribution is 9.10. The van der Waals surface area contributed by atoms with E-state index in [4.69, 9.17) is 5.73 Å². The van der Waals surface area contributed by atoms with Gasteiger partial charge in [0.25, 0.3) is 5.91 Å². The standard InChI is InChI=1S/C14H14BrN3O/c1-8-3-4-10(6-12(8)16)14(19)18-13-5-9(2)11(15)7-17-13/h3-7H,16H2,1-2H3,(H,17,18,19). The number of anilines is 2. The number of hydrogen-bond donors (Lipinski definition) is 2. The van der Waals surface area contributed by atoms with E-state index >= 15 is 0 Å². The highest BCUT2D eigenvalue weighted by Crippen LogP contribution is 2.18. The molecule has 1 heterocycles. The maximum atomic E-state index is 12.1. The second-order valence-corrected chi connectivity index (χ2v) is 5.20. The van der Waals surface area contributed by atoms with Gasteiger partial charge in [-0.15, -0.1) is 0 Å². The zero-order chi connectivity index (χ0) is 14.0. The number of hydrogen-bond acceptors (Lipinski definition) is 3. The van der Waals surface area contributed by atoms with Crippen molar-refractivity contribution in [3.8, 4) is 0 Å². The Kier molecular flexibility index (Phi) is 3.85. The van der Waals surface area contributed by atoms with Crippen molar-refractivity contribution in [3.05, 3.63) is 51.6 Å². The fraction of sp³-hybridized carbons (Fsp3) is 0.143. The van der Waals surface area contributed by atoms with E-state index in [1.165, 1.54) is 0 Å². The third kappa shape index (κ3) is 3.12. The summed E-state index contributed by atoms with van der Waals surface area (Å²) >= 11 is 3.37. The molecule has 5 heteroatoms. The van der Waals surface area contributed by atoms with Gasteiger partial charge in [-0.2, -0.15) is 0 Å². The molecule has 1 aromatic carbocycles. The molecule has 0 radical (unpaired) electrons. The van der Waals surface area contributed by atoms with Crippen molar-refractivity contribution < 1.29 is 4.79 Å². The quantitative estimate of drug-likeness (QED) is 0.834. The topological polar surface area (TPSA) is 68.0 Å². The molecule has 0 fully saturated rings. The molecule has 0 aliphatic rings. The summed E-state index contributed by atoms with van der Waals surface area (Å²) in [6.07, 6.45) is 1.66. The first kappa shape index (κ1) is 13.5. The molecule has 0 unspecified atom stereocenters. The van der Waals surface area contributed by atoms with Gasteiger partial charge in [0.05, 0.1) is 0 Å². The summed E-state index contributed by atoms with van der Waals surface area (Å²) in [6.45, 7) is 3.84. The van der Waals surface area contributed by atoms with Crippen LogP contribution in [0.3, 0.4) is 0 Å². The van der Waals surface area contributed by atoms with E-state index in [9.17, 15) is 4.79 Å². The van der Waals surface area contributed by atoms with E-state index in [1.54, 1.807) is 24.4 Å². The summed E-state index contributed by atoms with van der Waals surface area (Å²) in [4.78, 5) is 16.2. The molecule has 2 aromatic rings. The number of aryl methyl sites for hydroxylation is 2. The number of nitrogen functional groups attached to an aromatic ring is 1. The lowest BCUT2D eigenvalue weighted by atomic mass is 10.1. The second kappa shape index (κ2) is 5.40. The van der Waals surface area contributed by atoms with Crippen molar-refractivity contribution in [3.63, 3.8) is 0 Å². The van der Waals surface area contributed by atoms with Crippen LogP contribution in [-0.4, -0.2) is 10.9 Å². The Morgan fingerprint density at radius 3 is 2.63 bits per heavy atom. The second-order valence-electron chi connectivity index (χ2n) is 4.34. The van der Waals surface area contributed by atoms with E-state index in [-0.39, 0.29) is 5.91 Å². The molecule has 0 spiro atoms. The van der Waals surface area contributed by atoms with Crippen molar-refractivity contribution >= 4 is 33.3 Å². The third-order valence-corrected chi connectivity index (χ3v) is 3.66. The number of halogens is 1. The van der Waals surface area contributed by atoms with Crippen LogP contribution in [0.15, 0.2) is 34.9 Å². The van der Waals surface area contributed by atoms with E-state index in [0.29, 0.717) is 17.1 Å². The minimum atomic E-state index is -0.221. The smallest absolute Gasteiger partial charge is 0.256 e. The maximum absolute atomic E-state index is 12.1. The Hall–Kier alpha value is -1.88. The summed E-state index contributed by atoms with van der Waals surface area (Å²) in [5.74, 6) is 0.297. The average Bonchev–Trinajstić information content (AvgIpc) is 2.37. The number of amides is 1. The van der Waals surface area contributed by atoms with Crippen LogP contribution in [0.1, 0.15) is 21.5 Å². The number of nitrogens with two attached hydrogens (primary N) is 1. The van der Waals surface area contributed by atoms with Gasteiger partial charge >= 0.3 is 0 Å². The molecule has 4 nitrogen and oxygen atoms in total. The predicted octanol–water partition coefficient (Wildman–Crippen LogP) is 3.30. The molecule has 2 rings (SSSR count). The zero-order valence-corrected chi connectivity index (χ0v) is 12.3. The summed E-state index contributed by atoms with van der Waals surface area (Å²) in [5, 5.41) is 2.75. The van der Waals surface area contributed by atoms with Crippen molar-refractivity contribution in [2.75, 3.05) is 11.1 Å². The lowest BCUT2D eigenvalue weighted by molar-refractivity contribution is 0.102. The third-order valence-electron chi connectivity index (χ3n) is 2.83. The normalized spacial score (nSPS) is 10.3. The van der Waals surface area contributed by atoms with Gasteiger partial charge in [0.15, 0.2) is 0 Å². The fourth-order valence-corrected chi connectivity index (χ4v) is 1.79. The van der Waals surface area contributed by atoms with Gasteiger partial charge in [0.2, 0.25) is 0 Å². The average molecular weight is 320 g/mol. The maximum Gasteiger partial charge on any atom is 0.256 e. The lowest BCUT2D eigenvalue weighted by Crippen LogP contribution is -2.13. The first-order valence-corrected chi connectivity index (χ1v) is 6.56. The molecule has 3 N–H and O–H groups in total. The lowest BCUT2D eigenvalue weighted by Gasteiger charge is -2.07. The Bertz CT molecular complexity index is 641. The minimum absolute atomic E-state index is 0.221. The molecule has 98 valence electrons. The van der Waals surface area contributed by atoms with Gasteiger partial charge in [0.1, 0.15) is 5.82 Å². The van der Waals surface area contributed by atoms with Gasteiger partial charge < -0.3 is 11.1 Å². The minimum Gasteiger partial charge on any atom is -0.398 e. The van der Waals surface area contributed by atoms with Crippen molar-refractivity contribution in [2.24, 2.45) is 0 Å². The van der Waals surface area contributed by atoms with E-state index in [0.717, 1.165) is 15.6 Å². The Balaban J connectivity index is 2.20. The number of carbonyl (C=O) groups is 1. The van der Waals surface area contributed by atoms with E-state index < -0.39 is 0 Å². The number of carbonyl (C=O) groups excluding carboxylic acids is 1. The van der Waals surface area contributed by atoms with Gasteiger partial charge in [-0.1, -0.05) is 6.07 Å². The van der Waals surface area contributed by atoms with Crippen molar-refractivity contribution in [2.45, 2.75) is 13.8 Å². The molecular weight excluding hydrogens is 306 g/mol. The molecule has 1 aromatic heterocycles. The van der Waals surface area contributed by atoms with Gasteiger partial charge in [-0.05, 0) is 59.1 Å². The highest BCUT2D eigenvalue weighted by atomic mass is 79.9. The van der Waals surface area contributed by atoms with Gasteiger partial charge in [-0.3, -0.25) is 4.79 Å². The number of rotatable bonds is 2. The van der Waals surface area contributed by atoms with Crippen molar-refractivity contribution in [1.82, 2.24) is 4.98 Å². The molecule has 0 atom stereocenters. The SMILES string of the molecule is Cc1ccc(C(=O)Nc2cc(C)c(Br)cn2)cc1N. The summed E-state index contributed by atoms with van der Waals surface area (Å²) in [5.41, 5.74) is 8.88. The van der Waals surface area contributed by atoms with Crippen LogP contribution in [-0.2, 0) is 0 Å². The molecule has 0 aliphatic carbocycles. The van der Waals surface area contributed by atoms with Crippen LogP contribution >= 0.6 is 15.9 Å². The molecule has 19 heavy (non-hydrogen) atoms. The van der Waals surface area contributed by atoms with Crippen molar-refractivity contribution in [1.29, 1.82) is 0 Å². The molecule has 0 saturated heterocycles. The summed E-state index contributed by atoms with van der Waals surface area (Å²) < 4.78 is 0.907. The van der Waals surface area contributed by atoms with E-state index in [1.807, 2.05) is 19.9 Å². The van der Waals surface area contributed by atoms with Crippen LogP contribution < -0.4 is 11.1 Å². The van der Waals surface area contributed by atoms with Crippen LogP contribution in [0.25, 0.3) is 0 Å². The Labute approximate surface area is 120 Å². The van der Waals surface area contributed by atoms with Gasteiger partial charge in [-0.25, -0.2) is 4.98 Å². The zero-order valence-electron chi connectivity index (χ0n) is 10.7. The number of aromatic nitrogens is 1. The summed E-state index contributed by atoms with van der Waals surface area (Å²) in [7, 11) is 0. The largest absolute Gasteiger partial charge is 0.398 e. The molecule has 1 amide bonds. The van der Waals surface area contributed by atoms with Crippen LogP contribution in [0.4, 0.5) is 11.5 Å². The molecule has 0 bridgehead atoms. The van der Waals surface area contributed by atoms with Gasteiger partial charge in [0, 0.05) is 21.9 Å². The Morgan fingerprint density at radius 2 is 2.00 bits per heavy atom. The fourth-order valence-electron chi connectivity index (χ4n) is 1.58. The Morgan fingerprint density at radius 1 is 1.26 bits per heavy atom. The molecule has 0 aliphatic heterocycles. The number of nitrogens with one attached hydrogen (secondary N) is 1. The molecule has 0 saturated carbocycles. The van der Waals surface area contributed by atoms with E-state index in [2.05, 4.69) is 26.2 Å². The monoisotopic (exact) mass is 319 g/mol. The molecular formula is C14H14BrN3O. The van der Waals surface area contributed by atoms with Crippen LogP contribution in [0.2, 0.25) is 0 Å². The highest BCUT2D eigenvalue weighted by Gasteiger charge is 2.08. The first-order chi connectivity index (χ1) is 8.97. The number of nitrogens with zero attached hydrogens (tertiary/aromatic N) is 1. The number of pyridine rings is 1. The first-order valence-electron chi connectivity index (χ1n) is 5.77.